The lowest BCUT2D eigenvalue weighted by Crippen LogP contribution is -2.50. The van der Waals surface area contributed by atoms with Crippen molar-refractivity contribution in [2.75, 3.05) is 0 Å². The summed E-state index contributed by atoms with van der Waals surface area (Å²) in [6, 6.07) is 0.933. The molecule has 1 saturated heterocycles. The molecule has 1 aromatic heterocycles. The number of hydrogen-bond acceptors (Lipinski definition) is 5. The average Bonchev–Trinajstić information content (AvgIpc) is 2.76. The number of carbonyl (C=O) groups is 3. The molecule has 2 amide bonds. The maximum absolute atomic E-state index is 11.4. The molecule has 0 saturated carbocycles. The van der Waals surface area contributed by atoms with Crippen molar-refractivity contribution in [2.24, 2.45) is 0 Å². The summed E-state index contributed by atoms with van der Waals surface area (Å²) in [7, 11) is 0. The maximum atomic E-state index is 11.4. The third kappa shape index (κ3) is 2.75. The highest BCUT2D eigenvalue weighted by molar-refractivity contribution is 6.00. The van der Waals surface area contributed by atoms with Crippen molar-refractivity contribution in [1.82, 2.24) is 10.6 Å². The van der Waals surface area contributed by atoms with Crippen LogP contribution in [0.2, 0.25) is 0 Å². The Kier molecular flexibility index (Phi) is 3.42. The third-order valence-corrected chi connectivity index (χ3v) is 2.66. The zero-order valence-corrected chi connectivity index (χ0v) is 9.43. The molecule has 96 valence electrons. The van der Waals surface area contributed by atoms with Crippen LogP contribution in [-0.2, 0) is 16.1 Å². The number of amides is 2. The van der Waals surface area contributed by atoms with E-state index in [0.717, 1.165) is 6.26 Å². The van der Waals surface area contributed by atoms with Gasteiger partial charge in [0.2, 0.25) is 11.8 Å². The van der Waals surface area contributed by atoms with Crippen molar-refractivity contribution < 1.29 is 23.9 Å². The van der Waals surface area contributed by atoms with Gasteiger partial charge in [0, 0.05) is 6.42 Å². The van der Waals surface area contributed by atoms with Gasteiger partial charge in [0.25, 0.3) is 0 Å². The molecule has 1 aromatic rings. The lowest BCUT2D eigenvalue weighted by molar-refractivity contribution is -0.134. The Hall–Kier alpha value is -2.15. The molecule has 0 radical (unpaired) electrons. The first-order valence-corrected chi connectivity index (χ1v) is 5.44. The van der Waals surface area contributed by atoms with Crippen LogP contribution in [0.1, 0.15) is 29.0 Å². The molecule has 0 aliphatic carbocycles. The molecule has 2 heterocycles. The summed E-state index contributed by atoms with van der Waals surface area (Å²) in [5.74, 6) is -1.27. The van der Waals surface area contributed by atoms with Crippen LogP contribution in [0.3, 0.4) is 0 Å². The predicted octanol–water partition coefficient (Wildman–Crippen LogP) is -0.127. The van der Waals surface area contributed by atoms with Crippen LogP contribution in [0.5, 0.6) is 0 Å². The van der Waals surface area contributed by atoms with Crippen LogP contribution < -0.4 is 10.6 Å². The molecule has 7 nitrogen and oxygen atoms in total. The van der Waals surface area contributed by atoms with Gasteiger partial charge in [0.15, 0.2) is 0 Å². The summed E-state index contributed by atoms with van der Waals surface area (Å²) in [6.45, 7) is 0.236. The molecule has 1 aliphatic heterocycles. The molecule has 3 N–H and O–H groups in total. The largest absolute Gasteiger partial charge is 0.478 e. The van der Waals surface area contributed by atoms with Gasteiger partial charge in [-0.3, -0.25) is 20.2 Å². The second-order valence-electron chi connectivity index (χ2n) is 3.99. The minimum atomic E-state index is -1.06. The molecule has 0 aromatic carbocycles. The lowest BCUT2D eigenvalue weighted by Gasteiger charge is -2.21. The van der Waals surface area contributed by atoms with Crippen LogP contribution in [0.15, 0.2) is 16.7 Å². The summed E-state index contributed by atoms with van der Waals surface area (Å²) < 4.78 is 5.03. The van der Waals surface area contributed by atoms with E-state index in [1.807, 2.05) is 0 Å². The summed E-state index contributed by atoms with van der Waals surface area (Å²) in [4.78, 5) is 33.0. The van der Waals surface area contributed by atoms with Crippen molar-refractivity contribution in [2.45, 2.75) is 25.4 Å². The fourth-order valence-corrected chi connectivity index (χ4v) is 1.70. The number of imide groups is 1. The van der Waals surface area contributed by atoms with Gasteiger partial charge in [-0.05, 0) is 12.5 Å². The Morgan fingerprint density at radius 3 is 2.94 bits per heavy atom. The minimum absolute atomic E-state index is 0.0649. The third-order valence-electron chi connectivity index (χ3n) is 2.66. The maximum Gasteiger partial charge on any atom is 0.338 e. The molecule has 1 unspecified atom stereocenters. The Labute approximate surface area is 102 Å². The van der Waals surface area contributed by atoms with Gasteiger partial charge < -0.3 is 9.52 Å². The SMILES string of the molecule is O=C1CCC(NCc2cc(C(=O)O)co2)C(=O)N1. The van der Waals surface area contributed by atoms with E-state index in [1.165, 1.54) is 6.07 Å². The van der Waals surface area contributed by atoms with E-state index < -0.39 is 12.0 Å². The van der Waals surface area contributed by atoms with Crippen LogP contribution in [0, 0.1) is 0 Å². The molecule has 0 bridgehead atoms. The van der Waals surface area contributed by atoms with Crippen LogP contribution >= 0.6 is 0 Å². The summed E-state index contributed by atoms with van der Waals surface area (Å²) in [5.41, 5.74) is 0.0649. The highest BCUT2D eigenvalue weighted by Crippen LogP contribution is 2.09. The van der Waals surface area contributed by atoms with E-state index in [4.69, 9.17) is 9.52 Å². The van der Waals surface area contributed by atoms with Crippen LogP contribution in [0.4, 0.5) is 0 Å². The molecule has 7 heteroatoms. The smallest absolute Gasteiger partial charge is 0.338 e. The van der Waals surface area contributed by atoms with Crippen molar-refractivity contribution in [3.05, 3.63) is 23.7 Å². The topological polar surface area (TPSA) is 109 Å². The van der Waals surface area contributed by atoms with Gasteiger partial charge in [-0.2, -0.15) is 0 Å². The van der Waals surface area contributed by atoms with Crippen LogP contribution in [0.25, 0.3) is 0 Å². The monoisotopic (exact) mass is 252 g/mol. The van der Waals surface area contributed by atoms with Crippen molar-refractivity contribution in [3.63, 3.8) is 0 Å². The number of hydrogen-bond donors (Lipinski definition) is 3. The molecule has 1 fully saturated rings. The molecule has 1 atom stereocenters. The zero-order chi connectivity index (χ0) is 13.1. The summed E-state index contributed by atoms with van der Waals surface area (Å²) in [6.07, 6.45) is 1.86. The number of piperidine rings is 1. The number of aromatic carboxylic acids is 1. The molecular weight excluding hydrogens is 240 g/mol. The Balaban J connectivity index is 1.89. The molecular formula is C11H12N2O5. The first-order valence-electron chi connectivity index (χ1n) is 5.44. The molecule has 1 aliphatic rings. The van der Waals surface area contributed by atoms with E-state index >= 15 is 0 Å². The Morgan fingerprint density at radius 1 is 1.56 bits per heavy atom. The van der Waals surface area contributed by atoms with E-state index in [2.05, 4.69) is 10.6 Å². The van der Waals surface area contributed by atoms with E-state index in [-0.39, 0.29) is 23.9 Å². The quantitative estimate of drug-likeness (QED) is 0.644. The van der Waals surface area contributed by atoms with Crippen molar-refractivity contribution >= 4 is 17.8 Å². The van der Waals surface area contributed by atoms with Gasteiger partial charge in [-0.25, -0.2) is 4.79 Å². The lowest BCUT2D eigenvalue weighted by atomic mass is 10.1. The molecule has 18 heavy (non-hydrogen) atoms. The minimum Gasteiger partial charge on any atom is -0.478 e. The summed E-state index contributed by atoms with van der Waals surface area (Å²) >= 11 is 0. The molecule has 0 spiro atoms. The van der Waals surface area contributed by atoms with Gasteiger partial charge >= 0.3 is 5.97 Å². The number of carbonyl (C=O) groups excluding carboxylic acids is 2. The fraction of sp³-hybridized carbons (Fsp3) is 0.364. The van der Waals surface area contributed by atoms with E-state index in [0.29, 0.717) is 18.6 Å². The average molecular weight is 252 g/mol. The van der Waals surface area contributed by atoms with Gasteiger partial charge in [0.1, 0.15) is 12.0 Å². The highest BCUT2D eigenvalue weighted by Gasteiger charge is 2.26. The number of furan rings is 1. The van der Waals surface area contributed by atoms with E-state index in [1.54, 1.807) is 0 Å². The summed E-state index contributed by atoms with van der Waals surface area (Å²) in [5, 5.41) is 13.8. The van der Waals surface area contributed by atoms with Gasteiger partial charge in [-0.1, -0.05) is 0 Å². The second kappa shape index (κ2) is 5.01. The first kappa shape index (κ1) is 12.3. The Morgan fingerprint density at radius 2 is 2.33 bits per heavy atom. The molecule has 2 rings (SSSR count). The second-order valence-corrected chi connectivity index (χ2v) is 3.99. The number of carboxylic acid groups (broad SMARTS) is 1. The number of carboxylic acids is 1. The zero-order valence-electron chi connectivity index (χ0n) is 9.43. The number of nitrogens with one attached hydrogen (secondary N) is 2. The number of rotatable bonds is 4. The normalized spacial score (nSPS) is 19.7. The predicted molar refractivity (Wildman–Crippen MR) is 58.7 cm³/mol. The Bertz CT molecular complexity index is 493. The van der Waals surface area contributed by atoms with E-state index in [9.17, 15) is 14.4 Å². The van der Waals surface area contributed by atoms with Crippen LogP contribution in [-0.4, -0.2) is 28.9 Å². The van der Waals surface area contributed by atoms with Crippen molar-refractivity contribution in [3.8, 4) is 0 Å². The van der Waals surface area contributed by atoms with Gasteiger partial charge in [0.05, 0.1) is 18.2 Å². The fourth-order valence-electron chi connectivity index (χ4n) is 1.70. The van der Waals surface area contributed by atoms with Crippen molar-refractivity contribution in [1.29, 1.82) is 0 Å². The van der Waals surface area contributed by atoms with Gasteiger partial charge in [-0.15, -0.1) is 0 Å². The standard InChI is InChI=1S/C11H12N2O5/c14-9-2-1-8(10(15)13-9)12-4-7-3-6(5-18-7)11(16)17/h3,5,8,12H,1-2,4H2,(H,16,17)(H,13,14,15). The highest BCUT2D eigenvalue weighted by atomic mass is 16.4. The first-order chi connectivity index (χ1) is 8.56.